The van der Waals surface area contributed by atoms with Crippen LogP contribution >= 0.6 is 0 Å². The van der Waals surface area contributed by atoms with Crippen molar-refractivity contribution >= 4 is 33.3 Å². The fraction of sp³-hybridized carbons (Fsp3) is 0.130. The Morgan fingerprint density at radius 1 is 0.879 bits per heavy atom. The van der Waals surface area contributed by atoms with Gasteiger partial charge in [-0.2, -0.15) is 0 Å². The molecule has 0 fully saturated rings. The number of rotatable bonds is 8. The van der Waals surface area contributed by atoms with Crippen molar-refractivity contribution in [3.05, 3.63) is 90.0 Å². The number of anilines is 2. The Hall–Kier alpha value is -3.79. The lowest BCUT2D eigenvalue weighted by Crippen LogP contribution is -2.38. The van der Waals surface area contributed by atoms with Gasteiger partial charge in [0.1, 0.15) is 18.2 Å². The van der Waals surface area contributed by atoms with Crippen LogP contribution in [0.5, 0.6) is 0 Å². The molecule has 1 amide bonds. The van der Waals surface area contributed by atoms with E-state index in [1.54, 1.807) is 6.92 Å². The maximum atomic E-state index is 13.4. The van der Waals surface area contributed by atoms with Crippen molar-refractivity contribution < 1.29 is 31.5 Å². The maximum absolute atomic E-state index is 13.4. The molecule has 3 rings (SSSR count). The average molecular weight is 474 g/mol. The molecule has 0 saturated carbocycles. The number of carbonyl (C=O) groups is 2. The SMILES string of the molecule is CCOC(=O)c1ccc(NC(=O)CN(c2ccc(F)cc2)S(=O)(=O)c2ccc(F)cc2)cc1. The molecule has 1 N–H and O–H groups in total. The second-order valence-corrected chi connectivity index (χ2v) is 8.65. The van der Waals surface area contributed by atoms with Crippen LogP contribution in [0.25, 0.3) is 0 Å². The van der Waals surface area contributed by atoms with Crippen LogP contribution in [0.4, 0.5) is 20.2 Å². The molecule has 0 spiro atoms. The summed E-state index contributed by atoms with van der Waals surface area (Å²) in [5.41, 5.74) is 0.668. The van der Waals surface area contributed by atoms with E-state index >= 15 is 0 Å². The third-order valence-corrected chi connectivity index (χ3v) is 6.27. The van der Waals surface area contributed by atoms with Crippen molar-refractivity contribution in [2.24, 2.45) is 0 Å². The summed E-state index contributed by atoms with van der Waals surface area (Å²) in [6.45, 7) is 1.27. The van der Waals surface area contributed by atoms with Crippen LogP contribution < -0.4 is 9.62 Å². The van der Waals surface area contributed by atoms with Crippen molar-refractivity contribution in [2.45, 2.75) is 11.8 Å². The molecule has 0 aliphatic rings. The molecule has 0 aliphatic heterocycles. The molecule has 3 aromatic carbocycles. The van der Waals surface area contributed by atoms with Gasteiger partial charge >= 0.3 is 5.97 Å². The lowest BCUT2D eigenvalue weighted by atomic mass is 10.2. The van der Waals surface area contributed by atoms with Gasteiger partial charge in [0, 0.05) is 5.69 Å². The highest BCUT2D eigenvalue weighted by atomic mass is 32.2. The number of halogens is 2. The minimum atomic E-state index is -4.27. The van der Waals surface area contributed by atoms with Crippen molar-refractivity contribution in [2.75, 3.05) is 22.8 Å². The second kappa shape index (κ2) is 10.2. The molecule has 7 nitrogen and oxygen atoms in total. The van der Waals surface area contributed by atoms with Gasteiger partial charge in [0.05, 0.1) is 22.8 Å². The summed E-state index contributed by atoms with van der Waals surface area (Å²) in [7, 11) is -4.27. The number of carbonyl (C=O) groups excluding carboxylic acids is 2. The summed E-state index contributed by atoms with van der Waals surface area (Å²) in [5.74, 6) is -2.40. The smallest absolute Gasteiger partial charge is 0.338 e. The van der Waals surface area contributed by atoms with Gasteiger partial charge in [0.2, 0.25) is 5.91 Å². The van der Waals surface area contributed by atoms with Crippen molar-refractivity contribution in [3.8, 4) is 0 Å². The summed E-state index contributed by atoms with van der Waals surface area (Å²) in [6, 6.07) is 14.6. The number of sulfonamides is 1. The lowest BCUT2D eigenvalue weighted by Gasteiger charge is -2.24. The Labute approximate surface area is 189 Å². The molecule has 0 unspecified atom stereocenters. The van der Waals surface area contributed by atoms with E-state index in [-0.39, 0.29) is 17.2 Å². The zero-order valence-electron chi connectivity index (χ0n) is 17.5. The Bertz CT molecular complexity index is 1230. The topological polar surface area (TPSA) is 92.8 Å². The van der Waals surface area contributed by atoms with Crippen molar-refractivity contribution in [1.82, 2.24) is 0 Å². The van der Waals surface area contributed by atoms with Gasteiger partial charge < -0.3 is 10.1 Å². The van der Waals surface area contributed by atoms with Crippen LogP contribution in [0.2, 0.25) is 0 Å². The number of amides is 1. The molecular formula is C23H20F2N2O5S. The van der Waals surface area contributed by atoms with Crippen LogP contribution in [0.15, 0.2) is 77.7 Å². The van der Waals surface area contributed by atoms with E-state index in [0.717, 1.165) is 40.7 Å². The molecular weight excluding hydrogens is 454 g/mol. The van der Waals surface area contributed by atoms with Crippen LogP contribution in [-0.4, -0.2) is 33.4 Å². The van der Waals surface area contributed by atoms with Crippen LogP contribution in [0.1, 0.15) is 17.3 Å². The van der Waals surface area contributed by atoms with E-state index in [2.05, 4.69) is 5.32 Å². The Kier molecular flexibility index (Phi) is 7.39. The van der Waals surface area contributed by atoms with Gasteiger partial charge in [0.25, 0.3) is 10.0 Å². The first kappa shape index (κ1) is 23.9. The normalized spacial score (nSPS) is 11.0. The molecule has 0 atom stereocenters. The van der Waals surface area contributed by atoms with E-state index in [1.165, 1.54) is 36.4 Å². The fourth-order valence-corrected chi connectivity index (χ4v) is 4.31. The quantitative estimate of drug-likeness (QED) is 0.499. The number of nitrogens with zero attached hydrogens (tertiary/aromatic N) is 1. The number of hydrogen-bond donors (Lipinski definition) is 1. The monoisotopic (exact) mass is 474 g/mol. The maximum Gasteiger partial charge on any atom is 0.338 e. The second-order valence-electron chi connectivity index (χ2n) is 6.79. The first-order valence-corrected chi connectivity index (χ1v) is 11.3. The summed E-state index contributed by atoms with van der Waals surface area (Å²) >= 11 is 0. The van der Waals surface area contributed by atoms with Crippen LogP contribution in [0.3, 0.4) is 0 Å². The first-order chi connectivity index (χ1) is 15.7. The minimum absolute atomic E-state index is 0.0496. The van der Waals surface area contributed by atoms with Gasteiger partial charge in [-0.15, -0.1) is 0 Å². The average Bonchev–Trinajstić information content (AvgIpc) is 2.79. The molecule has 0 radical (unpaired) electrons. The highest BCUT2D eigenvalue weighted by Gasteiger charge is 2.27. The minimum Gasteiger partial charge on any atom is -0.462 e. The van der Waals surface area contributed by atoms with E-state index in [9.17, 15) is 26.8 Å². The van der Waals surface area contributed by atoms with Crippen molar-refractivity contribution in [3.63, 3.8) is 0 Å². The Balaban J connectivity index is 1.84. The van der Waals surface area contributed by atoms with E-state index < -0.39 is 40.1 Å². The molecule has 10 heteroatoms. The Morgan fingerprint density at radius 3 is 1.97 bits per heavy atom. The molecule has 0 bridgehead atoms. The summed E-state index contributed by atoms with van der Waals surface area (Å²) in [5, 5.41) is 2.55. The molecule has 33 heavy (non-hydrogen) atoms. The molecule has 172 valence electrons. The zero-order valence-corrected chi connectivity index (χ0v) is 18.3. The highest BCUT2D eigenvalue weighted by molar-refractivity contribution is 7.92. The number of nitrogens with one attached hydrogen (secondary N) is 1. The summed E-state index contributed by atoms with van der Waals surface area (Å²) in [6.07, 6.45) is 0. The molecule has 0 aromatic heterocycles. The molecule has 0 heterocycles. The highest BCUT2D eigenvalue weighted by Crippen LogP contribution is 2.24. The number of ether oxygens (including phenoxy) is 1. The van der Waals surface area contributed by atoms with E-state index in [0.29, 0.717) is 11.3 Å². The van der Waals surface area contributed by atoms with Crippen LogP contribution in [-0.2, 0) is 19.6 Å². The third-order valence-electron chi connectivity index (χ3n) is 4.48. The van der Waals surface area contributed by atoms with Gasteiger partial charge in [-0.3, -0.25) is 9.10 Å². The van der Waals surface area contributed by atoms with Gasteiger partial charge in [-0.05, 0) is 79.7 Å². The van der Waals surface area contributed by atoms with E-state index in [4.69, 9.17) is 4.74 Å². The predicted octanol–water partition coefficient (Wildman–Crippen LogP) is 3.98. The van der Waals surface area contributed by atoms with Crippen LogP contribution in [0, 0.1) is 11.6 Å². The largest absolute Gasteiger partial charge is 0.462 e. The van der Waals surface area contributed by atoms with E-state index in [1.807, 2.05) is 0 Å². The van der Waals surface area contributed by atoms with Crippen molar-refractivity contribution in [1.29, 1.82) is 0 Å². The summed E-state index contributed by atoms with van der Waals surface area (Å²) < 4.78 is 58.7. The number of benzene rings is 3. The lowest BCUT2D eigenvalue weighted by molar-refractivity contribution is -0.114. The number of esters is 1. The third kappa shape index (κ3) is 5.92. The van der Waals surface area contributed by atoms with Gasteiger partial charge in [-0.25, -0.2) is 22.0 Å². The molecule has 0 aliphatic carbocycles. The summed E-state index contributed by atoms with van der Waals surface area (Å²) in [4.78, 5) is 24.2. The van der Waals surface area contributed by atoms with Gasteiger partial charge in [-0.1, -0.05) is 0 Å². The Morgan fingerprint density at radius 2 is 1.42 bits per heavy atom. The number of hydrogen-bond acceptors (Lipinski definition) is 5. The van der Waals surface area contributed by atoms with Gasteiger partial charge in [0.15, 0.2) is 0 Å². The molecule has 0 saturated heterocycles. The fourth-order valence-electron chi connectivity index (χ4n) is 2.89. The predicted molar refractivity (Wildman–Crippen MR) is 118 cm³/mol. The molecule has 3 aromatic rings. The standard InChI is InChI=1S/C23H20F2N2O5S/c1-2-32-23(29)16-3-9-19(10-4-16)26-22(28)15-27(20-11-5-17(24)6-12-20)33(30,31)21-13-7-18(25)8-14-21/h3-14H,2,15H2,1H3,(H,26,28). The first-order valence-electron chi connectivity index (χ1n) is 9.81. The zero-order chi connectivity index (χ0) is 24.0.